The number of unbranched alkanes of at least 4 members (excludes halogenated alkanes) is 2. The molecule has 0 saturated carbocycles. The van der Waals surface area contributed by atoms with Crippen LogP contribution in [0.1, 0.15) is 31.7 Å². The Morgan fingerprint density at radius 1 is 1.38 bits per heavy atom. The largest absolute Gasteiger partial charge is 0.464 e. The van der Waals surface area contributed by atoms with Crippen LogP contribution in [0.25, 0.3) is 11.1 Å². The number of hydrogen-bond donors (Lipinski definition) is 1. The van der Waals surface area contributed by atoms with Gasteiger partial charge in [0.05, 0.1) is 18.7 Å². The SMILES string of the molecule is CCCCCOC(=O)Cn1c(=O)oc2ccc(CO)cc21. The lowest BCUT2D eigenvalue weighted by Gasteiger charge is -2.05. The molecule has 21 heavy (non-hydrogen) atoms. The summed E-state index contributed by atoms with van der Waals surface area (Å²) in [5, 5.41) is 9.13. The normalized spacial score (nSPS) is 11.0. The first-order chi connectivity index (χ1) is 10.2. The average Bonchev–Trinajstić information content (AvgIpc) is 2.79. The second kappa shape index (κ2) is 7.08. The minimum Gasteiger partial charge on any atom is -0.464 e. The van der Waals surface area contributed by atoms with Crippen LogP contribution in [0.5, 0.6) is 0 Å². The first-order valence-corrected chi connectivity index (χ1v) is 7.04. The number of nitrogens with zero attached hydrogens (tertiary/aromatic N) is 1. The van der Waals surface area contributed by atoms with Crippen molar-refractivity contribution < 1.29 is 19.1 Å². The standard InChI is InChI=1S/C15H19NO5/c1-2-3-4-7-20-14(18)9-16-12-8-11(10-17)5-6-13(12)21-15(16)19/h5-6,8,17H,2-4,7,9-10H2,1H3. The monoisotopic (exact) mass is 293 g/mol. The van der Waals surface area contributed by atoms with E-state index in [4.69, 9.17) is 14.3 Å². The van der Waals surface area contributed by atoms with E-state index < -0.39 is 11.7 Å². The van der Waals surface area contributed by atoms with Crippen molar-refractivity contribution in [3.8, 4) is 0 Å². The highest BCUT2D eigenvalue weighted by Crippen LogP contribution is 2.15. The number of fused-ring (bicyclic) bond motifs is 1. The number of carbonyl (C=O) groups excluding carboxylic acids is 1. The summed E-state index contributed by atoms with van der Waals surface area (Å²) in [6.45, 7) is 2.10. The van der Waals surface area contributed by atoms with Crippen molar-refractivity contribution in [2.75, 3.05) is 6.61 Å². The maximum atomic E-state index is 11.8. The molecular weight excluding hydrogens is 274 g/mol. The predicted octanol–water partition coefficient (Wildman–Crippen LogP) is 1.82. The van der Waals surface area contributed by atoms with Crippen molar-refractivity contribution in [1.82, 2.24) is 4.57 Å². The molecule has 0 saturated heterocycles. The van der Waals surface area contributed by atoms with Crippen LogP contribution in [0, 0.1) is 0 Å². The van der Waals surface area contributed by atoms with E-state index >= 15 is 0 Å². The maximum Gasteiger partial charge on any atom is 0.420 e. The fraction of sp³-hybridized carbons (Fsp3) is 0.467. The van der Waals surface area contributed by atoms with E-state index in [1.165, 1.54) is 4.57 Å². The average molecular weight is 293 g/mol. The summed E-state index contributed by atoms with van der Waals surface area (Å²) >= 11 is 0. The van der Waals surface area contributed by atoms with Crippen molar-refractivity contribution in [2.24, 2.45) is 0 Å². The number of hydrogen-bond acceptors (Lipinski definition) is 5. The molecule has 0 amide bonds. The molecule has 1 aromatic carbocycles. The number of aliphatic hydroxyl groups excluding tert-OH is 1. The minimum absolute atomic E-state index is 0.142. The van der Waals surface area contributed by atoms with Crippen molar-refractivity contribution in [2.45, 2.75) is 39.3 Å². The first kappa shape index (κ1) is 15.3. The Bertz CT molecular complexity index is 670. The van der Waals surface area contributed by atoms with Gasteiger partial charge in [0, 0.05) is 0 Å². The maximum absolute atomic E-state index is 11.8. The molecule has 6 nitrogen and oxygen atoms in total. The van der Waals surface area contributed by atoms with E-state index in [0.717, 1.165) is 19.3 Å². The summed E-state index contributed by atoms with van der Waals surface area (Å²) in [5.74, 6) is -1.07. The molecular formula is C15H19NO5. The zero-order valence-corrected chi connectivity index (χ0v) is 12.0. The third-order valence-corrected chi connectivity index (χ3v) is 3.21. The zero-order valence-electron chi connectivity index (χ0n) is 12.0. The smallest absolute Gasteiger partial charge is 0.420 e. The summed E-state index contributed by atoms with van der Waals surface area (Å²) < 4.78 is 11.4. The van der Waals surface area contributed by atoms with Gasteiger partial charge in [0.2, 0.25) is 0 Å². The number of ether oxygens (including phenoxy) is 1. The van der Waals surface area contributed by atoms with Gasteiger partial charge in [-0.05, 0) is 24.1 Å². The second-order valence-electron chi connectivity index (χ2n) is 4.84. The topological polar surface area (TPSA) is 81.7 Å². The molecule has 0 bridgehead atoms. The number of aliphatic hydroxyl groups is 1. The molecule has 1 aromatic heterocycles. The van der Waals surface area contributed by atoms with Crippen LogP contribution in [-0.4, -0.2) is 22.2 Å². The number of esters is 1. The third-order valence-electron chi connectivity index (χ3n) is 3.21. The van der Waals surface area contributed by atoms with Crippen molar-refractivity contribution in [1.29, 1.82) is 0 Å². The van der Waals surface area contributed by atoms with Crippen LogP contribution in [0.3, 0.4) is 0 Å². The number of benzene rings is 1. The van der Waals surface area contributed by atoms with Gasteiger partial charge in [-0.15, -0.1) is 0 Å². The highest BCUT2D eigenvalue weighted by molar-refractivity contribution is 5.77. The summed E-state index contributed by atoms with van der Waals surface area (Å²) in [7, 11) is 0. The Labute approximate surface area is 121 Å². The Hall–Kier alpha value is -2.08. The fourth-order valence-corrected chi connectivity index (χ4v) is 2.07. The quantitative estimate of drug-likeness (QED) is 0.622. The van der Waals surface area contributed by atoms with E-state index in [0.29, 0.717) is 23.3 Å². The second-order valence-corrected chi connectivity index (χ2v) is 4.84. The molecule has 0 aliphatic heterocycles. The summed E-state index contributed by atoms with van der Waals surface area (Å²) in [4.78, 5) is 23.5. The summed E-state index contributed by atoms with van der Waals surface area (Å²) in [6.07, 6.45) is 2.87. The third kappa shape index (κ3) is 3.72. The lowest BCUT2D eigenvalue weighted by atomic mass is 10.2. The highest BCUT2D eigenvalue weighted by Gasteiger charge is 2.14. The molecule has 1 N–H and O–H groups in total. The van der Waals surface area contributed by atoms with E-state index in [1.807, 2.05) is 0 Å². The Balaban J connectivity index is 2.12. The van der Waals surface area contributed by atoms with Crippen molar-refractivity contribution in [3.63, 3.8) is 0 Å². The van der Waals surface area contributed by atoms with Gasteiger partial charge < -0.3 is 14.3 Å². The Kier molecular flexibility index (Phi) is 5.16. The molecule has 0 aliphatic carbocycles. The lowest BCUT2D eigenvalue weighted by Crippen LogP contribution is -2.22. The molecule has 0 fully saturated rings. The van der Waals surface area contributed by atoms with Crippen molar-refractivity contribution >= 4 is 17.1 Å². The van der Waals surface area contributed by atoms with Crippen LogP contribution in [0.4, 0.5) is 0 Å². The fourth-order valence-electron chi connectivity index (χ4n) is 2.07. The summed E-state index contributed by atoms with van der Waals surface area (Å²) in [5.41, 5.74) is 1.52. The molecule has 0 spiro atoms. The van der Waals surface area contributed by atoms with E-state index in [1.54, 1.807) is 18.2 Å². The molecule has 0 atom stereocenters. The van der Waals surface area contributed by atoms with Gasteiger partial charge in [-0.3, -0.25) is 9.36 Å². The Morgan fingerprint density at radius 2 is 2.19 bits per heavy atom. The molecule has 1 heterocycles. The van der Waals surface area contributed by atoms with Gasteiger partial charge in [-0.2, -0.15) is 0 Å². The van der Waals surface area contributed by atoms with Gasteiger partial charge in [-0.25, -0.2) is 4.79 Å². The molecule has 2 aromatic rings. The van der Waals surface area contributed by atoms with Crippen LogP contribution in [0.2, 0.25) is 0 Å². The van der Waals surface area contributed by atoms with Crippen LogP contribution >= 0.6 is 0 Å². The molecule has 114 valence electrons. The van der Waals surface area contributed by atoms with Crippen LogP contribution in [-0.2, 0) is 22.7 Å². The van der Waals surface area contributed by atoms with E-state index in [2.05, 4.69) is 6.92 Å². The Morgan fingerprint density at radius 3 is 2.90 bits per heavy atom. The number of aromatic nitrogens is 1. The molecule has 0 aliphatic rings. The zero-order chi connectivity index (χ0) is 15.2. The van der Waals surface area contributed by atoms with Crippen LogP contribution in [0.15, 0.2) is 27.4 Å². The summed E-state index contributed by atoms with van der Waals surface area (Å²) in [6, 6.07) is 4.90. The van der Waals surface area contributed by atoms with Crippen LogP contribution < -0.4 is 5.76 Å². The highest BCUT2D eigenvalue weighted by atomic mass is 16.5. The minimum atomic E-state index is -0.606. The predicted molar refractivity (Wildman–Crippen MR) is 76.9 cm³/mol. The lowest BCUT2D eigenvalue weighted by molar-refractivity contribution is -0.144. The molecule has 0 unspecified atom stereocenters. The van der Waals surface area contributed by atoms with Gasteiger partial charge in [0.1, 0.15) is 6.54 Å². The number of oxazole rings is 1. The first-order valence-electron chi connectivity index (χ1n) is 7.04. The molecule has 2 rings (SSSR count). The number of carbonyl (C=O) groups is 1. The van der Waals surface area contributed by atoms with E-state index in [9.17, 15) is 9.59 Å². The van der Waals surface area contributed by atoms with Gasteiger partial charge in [-0.1, -0.05) is 25.8 Å². The molecule has 6 heteroatoms. The van der Waals surface area contributed by atoms with Gasteiger partial charge in [0.15, 0.2) is 5.58 Å². The van der Waals surface area contributed by atoms with E-state index in [-0.39, 0.29) is 13.2 Å². The number of rotatable bonds is 7. The molecule has 0 radical (unpaired) electrons. The van der Waals surface area contributed by atoms with Gasteiger partial charge in [0.25, 0.3) is 0 Å². The van der Waals surface area contributed by atoms with Gasteiger partial charge >= 0.3 is 11.7 Å². The van der Waals surface area contributed by atoms with Crippen molar-refractivity contribution in [3.05, 3.63) is 34.3 Å².